The highest BCUT2D eigenvalue weighted by molar-refractivity contribution is 14.1. The Morgan fingerprint density at radius 2 is 1.86 bits per heavy atom. The molecule has 0 bridgehead atoms. The number of benzene rings is 2. The van der Waals surface area contributed by atoms with Gasteiger partial charge in [-0.3, -0.25) is 4.57 Å². The quantitative estimate of drug-likeness (QED) is 0.124. The van der Waals surface area contributed by atoms with Crippen molar-refractivity contribution in [3.8, 4) is 0 Å². The molecule has 218 valence electrons. The van der Waals surface area contributed by atoms with Crippen LogP contribution in [0.15, 0.2) is 60.9 Å². The van der Waals surface area contributed by atoms with Gasteiger partial charge in [-0.2, -0.15) is 14.8 Å². The summed E-state index contributed by atoms with van der Waals surface area (Å²) in [5, 5.41) is 47.3. The first-order chi connectivity index (χ1) is 20.4. The molecule has 4 heterocycles. The molecule has 1 saturated heterocycles. The molecule has 1 aliphatic heterocycles. The number of nitrogens with zero attached hydrogens (tertiary/aromatic N) is 9. The molecule has 15 heteroatoms. The molecule has 1 fully saturated rings. The fourth-order valence-electron chi connectivity index (χ4n) is 4.85. The zero-order chi connectivity index (χ0) is 29.2. The van der Waals surface area contributed by atoms with Crippen molar-refractivity contribution in [2.45, 2.75) is 37.5 Å². The van der Waals surface area contributed by atoms with Crippen molar-refractivity contribution < 1.29 is 20.1 Å². The van der Waals surface area contributed by atoms with Gasteiger partial charge in [-0.05, 0) is 57.5 Å². The molecule has 1 aliphatic rings. The average molecular weight is 684 g/mol. The highest BCUT2D eigenvalue weighted by Crippen LogP contribution is 2.39. The lowest BCUT2D eigenvalue weighted by Crippen LogP contribution is -2.30. The van der Waals surface area contributed by atoms with Crippen molar-refractivity contribution in [2.75, 3.05) is 23.5 Å². The van der Waals surface area contributed by atoms with Crippen LogP contribution in [0.3, 0.4) is 0 Å². The van der Waals surface area contributed by atoms with E-state index in [4.69, 9.17) is 14.7 Å². The number of aryl methyl sites for hydroxylation is 1. The summed E-state index contributed by atoms with van der Waals surface area (Å²) in [6, 6.07) is 18.0. The van der Waals surface area contributed by atoms with Gasteiger partial charge in [-0.15, -0.1) is 10.2 Å². The minimum atomic E-state index is -1.33. The van der Waals surface area contributed by atoms with E-state index in [1.165, 1.54) is 11.1 Å². The molecular weight excluding hydrogens is 655 g/mol. The zero-order valence-corrected chi connectivity index (χ0v) is 24.7. The van der Waals surface area contributed by atoms with Gasteiger partial charge < -0.3 is 30.3 Å². The Morgan fingerprint density at radius 3 is 2.60 bits per heavy atom. The van der Waals surface area contributed by atoms with Crippen molar-refractivity contribution in [3.63, 3.8) is 0 Å². The first-order valence-corrected chi connectivity index (χ1v) is 14.4. The topological polar surface area (TPSA) is 172 Å². The highest BCUT2D eigenvalue weighted by atomic mass is 127. The zero-order valence-electron chi connectivity index (χ0n) is 22.6. The van der Waals surface area contributed by atoms with Gasteiger partial charge in [0.2, 0.25) is 11.8 Å². The van der Waals surface area contributed by atoms with Crippen molar-refractivity contribution in [1.82, 2.24) is 39.7 Å². The Bertz CT molecular complexity index is 1670. The largest absolute Gasteiger partial charge is 0.387 e. The fraction of sp³-hybridized carbons (Fsp3) is 0.333. The number of aromatic nitrogens is 8. The van der Waals surface area contributed by atoms with Crippen LogP contribution >= 0.6 is 22.6 Å². The number of aliphatic hydroxyl groups excluding tert-OH is 3. The smallest absolute Gasteiger partial charge is 0.231 e. The minimum absolute atomic E-state index is 0.151. The third-order valence-electron chi connectivity index (χ3n) is 7.02. The van der Waals surface area contributed by atoms with Gasteiger partial charge in [0.15, 0.2) is 29.3 Å². The van der Waals surface area contributed by atoms with Crippen LogP contribution in [-0.2, 0) is 24.8 Å². The molecule has 2 aromatic carbocycles. The number of halogens is 1. The molecule has 6 rings (SSSR count). The second kappa shape index (κ2) is 12.2. The van der Waals surface area contributed by atoms with Crippen LogP contribution in [0.2, 0.25) is 0 Å². The van der Waals surface area contributed by atoms with Crippen LogP contribution in [-0.4, -0.2) is 80.5 Å². The Kier molecular flexibility index (Phi) is 8.25. The highest BCUT2D eigenvalue weighted by Gasteiger charge is 2.47. The number of hydrogen-bond donors (Lipinski definition) is 4. The monoisotopic (exact) mass is 684 g/mol. The Labute approximate surface area is 254 Å². The predicted molar refractivity (Wildman–Crippen MR) is 160 cm³/mol. The van der Waals surface area contributed by atoms with E-state index in [0.717, 1.165) is 14.7 Å². The third kappa shape index (κ3) is 5.78. The van der Waals surface area contributed by atoms with Gasteiger partial charge in [0.25, 0.3) is 0 Å². The van der Waals surface area contributed by atoms with Crippen LogP contribution in [0.4, 0.5) is 11.8 Å². The number of ether oxygens (including phenoxy) is 1. The first-order valence-electron chi connectivity index (χ1n) is 13.3. The number of aliphatic hydroxyl groups is 3. The van der Waals surface area contributed by atoms with Gasteiger partial charge in [-0.25, -0.2) is 4.98 Å². The molecule has 4 atom stereocenters. The van der Waals surface area contributed by atoms with Gasteiger partial charge in [-0.1, -0.05) is 42.5 Å². The fourth-order valence-corrected chi connectivity index (χ4v) is 5.45. The summed E-state index contributed by atoms with van der Waals surface area (Å²) in [5.74, 6) is 0.873. The first kappa shape index (κ1) is 28.4. The molecule has 14 nitrogen and oxygen atoms in total. The summed E-state index contributed by atoms with van der Waals surface area (Å²) in [6.07, 6.45) is -2.54. The van der Waals surface area contributed by atoms with Gasteiger partial charge in [0, 0.05) is 16.7 Å². The SMILES string of the molecule is Cn1nnc([C@H]2O[C@@H](n3cnc4c(NCc5cccc(I)c5)nc(N(CO)CCc5ccccc5)nc43)[C@H](O)[C@@H]2O)n1. The number of hydrogen-bond acceptors (Lipinski definition) is 12. The number of tetrazole rings is 1. The molecule has 42 heavy (non-hydrogen) atoms. The van der Waals surface area contributed by atoms with E-state index >= 15 is 0 Å². The normalized spacial score (nSPS) is 20.3. The molecule has 0 radical (unpaired) electrons. The predicted octanol–water partition coefficient (Wildman–Crippen LogP) is 1.56. The molecule has 3 aromatic heterocycles. The molecule has 0 aliphatic carbocycles. The minimum Gasteiger partial charge on any atom is -0.387 e. The summed E-state index contributed by atoms with van der Waals surface area (Å²) in [6.45, 7) is 0.614. The van der Waals surface area contributed by atoms with E-state index in [9.17, 15) is 15.3 Å². The van der Waals surface area contributed by atoms with Crippen molar-refractivity contribution in [3.05, 3.63) is 81.4 Å². The van der Waals surface area contributed by atoms with Crippen LogP contribution in [0.5, 0.6) is 0 Å². The molecule has 0 spiro atoms. The van der Waals surface area contributed by atoms with Crippen LogP contribution < -0.4 is 10.2 Å². The molecule has 0 saturated carbocycles. The number of anilines is 2. The van der Waals surface area contributed by atoms with Gasteiger partial charge >= 0.3 is 0 Å². The van der Waals surface area contributed by atoms with E-state index in [0.29, 0.717) is 36.5 Å². The average Bonchev–Trinajstić information content (AvgIpc) is 3.70. The summed E-state index contributed by atoms with van der Waals surface area (Å²) in [4.78, 5) is 17.0. The van der Waals surface area contributed by atoms with Crippen LogP contribution in [0.25, 0.3) is 11.2 Å². The second-order valence-corrected chi connectivity index (χ2v) is 11.1. The van der Waals surface area contributed by atoms with E-state index in [2.05, 4.69) is 54.4 Å². The van der Waals surface area contributed by atoms with E-state index in [-0.39, 0.29) is 18.5 Å². The number of fused-ring (bicyclic) bond motifs is 1. The lowest BCUT2D eigenvalue weighted by atomic mass is 10.1. The number of nitrogens with one attached hydrogen (secondary N) is 1. The maximum absolute atomic E-state index is 11.0. The third-order valence-corrected chi connectivity index (χ3v) is 7.69. The standard InChI is InChI=1S/C27H29IN10O4/c1-36-34-24(33-35-36)22-20(40)21(41)26(42-22)38-14-30-19-23(29-13-17-8-5-9-18(28)12-17)31-27(32-25(19)38)37(15-39)11-10-16-6-3-2-4-7-16/h2-9,12,14,20-22,26,39-41H,10-11,13,15H2,1H3,(H,29,31,32)/t20-,21+,22-,26+/m0/s1. The maximum atomic E-state index is 11.0. The molecular formula is C27H29IN10O4. The Balaban J connectivity index is 1.36. The van der Waals surface area contributed by atoms with Crippen LogP contribution in [0.1, 0.15) is 29.3 Å². The van der Waals surface area contributed by atoms with Crippen molar-refractivity contribution in [2.24, 2.45) is 7.05 Å². The molecule has 0 amide bonds. The van der Waals surface area contributed by atoms with Crippen molar-refractivity contribution >= 4 is 45.5 Å². The van der Waals surface area contributed by atoms with Crippen molar-refractivity contribution in [1.29, 1.82) is 0 Å². The van der Waals surface area contributed by atoms with Crippen LogP contribution in [0, 0.1) is 3.57 Å². The molecule has 4 N–H and O–H groups in total. The molecule has 0 unspecified atom stereocenters. The van der Waals surface area contributed by atoms with E-state index in [1.54, 1.807) is 16.5 Å². The second-order valence-electron chi connectivity index (χ2n) is 9.89. The summed E-state index contributed by atoms with van der Waals surface area (Å²) >= 11 is 2.27. The van der Waals surface area contributed by atoms with E-state index in [1.807, 2.05) is 48.5 Å². The lowest BCUT2D eigenvalue weighted by Gasteiger charge is -2.22. The van der Waals surface area contributed by atoms with Gasteiger partial charge in [0.05, 0.1) is 13.4 Å². The Hall–Kier alpha value is -3.77. The summed E-state index contributed by atoms with van der Waals surface area (Å²) in [5.41, 5.74) is 2.96. The van der Waals surface area contributed by atoms with Gasteiger partial charge in [0.1, 0.15) is 18.9 Å². The Morgan fingerprint density at radius 1 is 1.05 bits per heavy atom. The van der Waals surface area contributed by atoms with E-state index < -0.39 is 24.5 Å². The summed E-state index contributed by atoms with van der Waals surface area (Å²) < 4.78 is 8.71. The number of rotatable bonds is 10. The molecule has 5 aromatic rings. The summed E-state index contributed by atoms with van der Waals surface area (Å²) in [7, 11) is 1.60. The lowest BCUT2D eigenvalue weighted by molar-refractivity contribution is -0.0384. The number of imidazole rings is 1. The maximum Gasteiger partial charge on any atom is 0.231 e.